The zero-order valence-electron chi connectivity index (χ0n) is 23.7. The van der Waals surface area contributed by atoms with Gasteiger partial charge >= 0.3 is 5.97 Å². The summed E-state index contributed by atoms with van der Waals surface area (Å²) in [5.41, 5.74) is 3.16. The number of Topliss-reactive ketones (excluding diaryl/α,β-unsaturated/α-hetero) is 1. The van der Waals surface area contributed by atoms with E-state index < -0.39 is 17.5 Å². The summed E-state index contributed by atoms with van der Waals surface area (Å²) in [4.78, 5) is 32.0. The maximum absolute atomic E-state index is 13.6. The number of nitrogens with zero attached hydrogens (tertiary/aromatic N) is 3. The third-order valence-corrected chi connectivity index (χ3v) is 7.19. The van der Waals surface area contributed by atoms with Gasteiger partial charge in [0.2, 0.25) is 0 Å². The highest BCUT2D eigenvalue weighted by molar-refractivity contribution is 6.04. The molecule has 1 aromatic carbocycles. The molecule has 2 heterocycles. The number of benzene rings is 1. The number of hydrogen-bond donors (Lipinski definition) is 2. The standard InChI is InChI=1S/C31H38N4O5/c1-5-8-25(30(37)38)40-28-22(31(2,3)4)15-21(16-26(28)39-14-7-6-13-32)24(36)18-35-17-20-11-12-23(19-9-10-19)34-27(20)29(35)33/h11-12,15-16,19,25,33H,5-10,14,17-18H2,1-4H3,(H,37,38). The fourth-order valence-electron chi connectivity index (χ4n) is 4.80. The molecule has 1 aliphatic heterocycles. The van der Waals surface area contributed by atoms with Gasteiger partial charge in [-0.1, -0.05) is 40.2 Å². The maximum Gasteiger partial charge on any atom is 0.344 e. The largest absolute Gasteiger partial charge is 0.490 e. The van der Waals surface area contributed by atoms with Crippen LogP contribution in [0.1, 0.15) is 105 Å². The van der Waals surface area contributed by atoms with Crippen LogP contribution in [0.2, 0.25) is 0 Å². The zero-order valence-corrected chi connectivity index (χ0v) is 23.7. The van der Waals surface area contributed by atoms with Crippen LogP contribution in [0.4, 0.5) is 0 Å². The highest BCUT2D eigenvalue weighted by Gasteiger charge is 2.33. The highest BCUT2D eigenvalue weighted by atomic mass is 16.5. The van der Waals surface area contributed by atoms with Gasteiger partial charge in [-0.15, -0.1) is 0 Å². The molecule has 0 spiro atoms. The average Bonchev–Trinajstić information content (AvgIpc) is 3.71. The Bertz CT molecular complexity index is 1340. The van der Waals surface area contributed by atoms with Crippen LogP contribution < -0.4 is 9.47 Å². The number of aliphatic carboxylic acids is 1. The van der Waals surface area contributed by atoms with Crippen molar-refractivity contribution in [2.24, 2.45) is 0 Å². The van der Waals surface area contributed by atoms with Crippen molar-refractivity contribution in [1.82, 2.24) is 9.88 Å². The van der Waals surface area contributed by atoms with Gasteiger partial charge in [0, 0.05) is 41.3 Å². The molecule has 40 heavy (non-hydrogen) atoms. The van der Waals surface area contributed by atoms with Gasteiger partial charge in [0.25, 0.3) is 0 Å². The molecule has 1 atom stereocenters. The van der Waals surface area contributed by atoms with Crippen LogP contribution >= 0.6 is 0 Å². The van der Waals surface area contributed by atoms with Gasteiger partial charge in [-0.25, -0.2) is 9.78 Å². The number of nitrogens with one attached hydrogen (secondary N) is 1. The number of carboxylic acids is 1. The number of ether oxygens (including phenoxy) is 2. The smallest absolute Gasteiger partial charge is 0.344 e. The van der Waals surface area contributed by atoms with Crippen molar-refractivity contribution in [2.45, 2.75) is 90.2 Å². The molecular weight excluding hydrogens is 508 g/mol. The number of pyridine rings is 1. The van der Waals surface area contributed by atoms with E-state index in [4.69, 9.17) is 25.1 Å². The van der Waals surface area contributed by atoms with Crippen molar-refractivity contribution in [3.8, 4) is 17.6 Å². The van der Waals surface area contributed by atoms with Crippen molar-refractivity contribution in [2.75, 3.05) is 13.2 Å². The Morgan fingerprint density at radius 1 is 1.27 bits per heavy atom. The first kappa shape index (κ1) is 29.1. The van der Waals surface area contributed by atoms with E-state index in [1.807, 2.05) is 39.8 Å². The molecule has 0 saturated heterocycles. The Morgan fingerprint density at radius 2 is 2.02 bits per heavy atom. The normalized spacial score (nSPS) is 15.4. The topological polar surface area (TPSA) is 137 Å². The molecule has 1 saturated carbocycles. The first-order valence-corrected chi connectivity index (χ1v) is 14.0. The number of aromatic nitrogens is 1. The Morgan fingerprint density at radius 3 is 2.65 bits per heavy atom. The van der Waals surface area contributed by atoms with E-state index in [-0.39, 0.29) is 30.5 Å². The third kappa shape index (κ3) is 6.61. The summed E-state index contributed by atoms with van der Waals surface area (Å²) >= 11 is 0. The van der Waals surface area contributed by atoms with Gasteiger partial charge in [-0.3, -0.25) is 10.2 Å². The summed E-state index contributed by atoms with van der Waals surface area (Å²) in [7, 11) is 0. The molecule has 0 bridgehead atoms. The lowest BCUT2D eigenvalue weighted by Crippen LogP contribution is -2.31. The second-order valence-corrected chi connectivity index (χ2v) is 11.6. The highest BCUT2D eigenvalue weighted by Crippen LogP contribution is 2.42. The van der Waals surface area contributed by atoms with Gasteiger partial charge < -0.3 is 19.5 Å². The first-order valence-electron chi connectivity index (χ1n) is 14.0. The number of rotatable bonds is 13. The minimum atomic E-state index is -1.07. The maximum atomic E-state index is 13.6. The molecular formula is C31H38N4O5. The van der Waals surface area contributed by atoms with E-state index >= 15 is 0 Å². The number of hydrogen-bond acceptors (Lipinski definition) is 7. The molecule has 9 heteroatoms. The summed E-state index contributed by atoms with van der Waals surface area (Å²) in [6.45, 7) is 8.45. The Balaban J connectivity index is 1.64. The predicted octanol–water partition coefficient (Wildman–Crippen LogP) is 5.60. The van der Waals surface area contributed by atoms with E-state index in [2.05, 4.69) is 6.07 Å². The molecule has 9 nitrogen and oxygen atoms in total. The summed E-state index contributed by atoms with van der Waals surface area (Å²) in [6, 6.07) is 9.48. The van der Waals surface area contributed by atoms with Crippen molar-refractivity contribution >= 4 is 17.6 Å². The molecule has 2 aromatic rings. The number of amidine groups is 1. The number of ketones is 1. The zero-order chi connectivity index (χ0) is 29.0. The van der Waals surface area contributed by atoms with Crippen LogP contribution in [-0.2, 0) is 16.8 Å². The van der Waals surface area contributed by atoms with Crippen LogP contribution in [0.3, 0.4) is 0 Å². The lowest BCUT2D eigenvalue weighted by Gasteiger charge is -2.28. The van der Waals surface area contributed by atoms with E-state index in [9.17, 15) is 14.7 Å². The Hall–Kier alpha value is -3.93. The SMILES string of the molecule is CCCC(Oc1c(OCCCC#N)cc(C(=O)CN2Cc3ccc(C4CC4)nc3C2=N)cc1C(C)(C)C)C(=O)O. The Kier molecular flexibility index (Phi) is 8.77. The van der Waals surface area contributed by atoms with Gasteiger partial charge in [0.05, 0.1) is 19.2 Å². The van der Waals surface area contributed by atoms with Gasteiger partial charge in [-0.2, -0.15) is 5.26 Å². The minimum absolute atomic E-state index is 0.000794. The third-order valence-electron chi connectivity index (χ3n) is 7.19. The number of carbonyl (C=O) groups excluding carboxylic acids is 1. The van der Waals surface area contributed by atoms with Crippen LogP contribution in [0.25, 0.3) is 0 Å². The van der Waals surface area contributed by atoms with Crippen molar-refractivity contribution in [3.63, 3.8) is 0 Å². The van der Waals surface area contributed by atoms with Gasteiger partial charge in [0.1, 0.15) is 11.5 Å². The molecule has 1 fully saturated rings. The Labute approximate surface area is 235 Å². The summed E-state index contributed by atoms with van der Waals surface area (Å²) < 4.78 is 12.1. The van der Waals surface area contributed by atoms with Crippen LogP contribution in [-0.4, -0.2) is 51.8 Å². The van der Waals surface area contributed by atoms with Gasteiger partial charge in [0.15, 0.2) is 23.4 Å². The average molecular weight is 547 g/mol. The first-order chi connectivity index (χ1) is 19.0. The minimum Gasteiger partial charge on any atom is -0.490 e. The molecule has 2 aliphatic rings. The molecule has 0 radical (unpaired) electrons. The van der Waals surface area contributed by atoms with Crippen molar-refractivity contribution in [1.29, 1.82) is 10.7 Å². The molecule has 0 amide bonds. The fourth-order valence-corrected chi connectivity index (χ4v) is 4.80. The number of carbonyl (C=O) groups is 2. The van der Waals surface area contributed by atoms with Crippen molar-refractivity contribution < 1.29 is 24.2 Å². The second kappa shape index (κ2) is 12.1. The van der Waals surface area contributed by atoms with Gasteiger partial charge in [-0.05, 0) is 49.3 Å². The van der Waals surface area contributed by atoms with E-state index in [1.54, 1.807) is 17.0 Å². The quantitative estimate of drug-likeness (QED) is 0.245. The lowest BCUT2D eigenvalue weighted by molar-refractivity contribution is -0.145. The molecule has 1 aromatic heterocycles. The second-order valence-electron chi connectivity index (χ2n) is 11.6. The van der Waals surface area contributed by atoms with E-state index in [0.717, 1.165) is 24.1 Å². The van der Waals surface area contributed by atoms with Crippen molar-refractivity contribution in [3.05, 3.63) is 52.3 Å². The summed E-state index contributed by atoms with van der Waals surface area (Å²) in [5, 5.41) is 27.4. The summed E-state index contributed by atoms with van der Waals surface area (Å²) in [5.74, 6) is 0.0605. The lowest BCUT2D eigenvalue weighted by atomic mass is 9.84. The summed E-state index contributed by atoms with van der Waals surface area (Å²) in [6.07, 6.45) is 2.93. The van der Waals surface area contributed by atoms with Crippen LogP contribution in [0, 0.1) is 16.7 Å². The van der Waals surface area contributed by atoms with Crippen LogP contribution in [0.5, 0.6) is 11.5 Å². The molecule has 1 aliphatic carbocycles. The molecule has 4 rings (SSSR count). The predicted molar refractivity (Wildman–Crippen MR) is 150 cm³/mol. The number of unbranched alkanes of at least 4 members (excludes halogenated alkanes) is 1. The van der Waals surface area contributed by atoms with E-state index in [1.165, 1.54) is 0 Å². The molecule has 212 valence electrons. The number of carboxylic acid groups (broad SMARTS) is 1. The van der Waals surface area contributed by atoms with Crippen LogP contribution in [0.15, 0.2) is 24.3 Å². The number of nitriles is 1. The fraction of sp³-hybridized carbons (Fsp3) is 0.516. The number of fused-ring (bicyclic) bond motifs is 1. The monoisotopic (exact) mass is 546 g/mol. The molecule has 2 N–H and O–H groups in total. The van der Waals surface area contributed by atoms with E-state index in [0.29, 0.717) is 60.7 Å². The molecule has 1 unspecified atom stereocenters.